The van der Waals surface area contributed by atoms with Gasteiger partial charge in [0.05, 0.1) is 5.54 Å². The van der Waals surface area contributed by atoms with Crippen LogP contribution in [-0.4, -0.2) is 19.1 Å². The molecule has 14 heavy (non-hydrogen) atoms. The molecule has 1 aliphatic rings. The molecule has 2 N–H and O–H groups in total. The molecule has 2 rings (SSSR count). The number of benzene rings is 1. The van der Waals surface area contributed by atoms with Crippen LogP contribution in [0.5, 0.6) is 0 Å². The van der Waals surface area contributed by atoms with Crippen molar-refractivity contribution >= 4 is 5.69 Å². The number of likely N-dealkylation sites (N-methyl/N-ethyl adjacent to an activating group) is 1. The quantitative estimate of drug-likeness (QED) is 0.789. The zero-order valence-electron chi connectivity index (χ0n) is 8.96. The third-order valence-corrected chi connectivity index (χ3v) is 3.34. The summed E-state index contributed by atoms with van der Waals surface area (Å²) in [5, 5.41) is 0. The number of anilines is 1. The smallest absolute Gasteiger partial charge is 0.0522 e. The lowest BCUT2D eigenvalue weighted by Gasteiger charge is -2.29. The molecule has 0 atom stereocenters. The van der Waals surface area contributed by atoms with Gasteiger partial charge in [-0.25, -0.2) is 0 Å². The molecular formula is C12H18N2. The minimum Gasteiger partial charge on any atom is -0.368 e. The average molecular weight is 190 g/mol. The molecule has 76 valence electrons. The molecule has 2 heteroatoms. The van der Waals surface area contributed by atoms with Gasteiger partial charge in [0.1, 0.15) is 0 Å². The van der Waals surface area contributed by atoms with Crippen LogP contribution in [0.1, 0.15) is 18.4 Å². The van der Waals surface area contributed by atoms with Crippen molar-refractivity contribution in [2.75, 3.05) is 18.5 Å². The molecule has 0 bridgehead atoms. The maximum absolute atomic E-state index is 5.80. The van der Waals surface area contributed by atoms with Gasteiger partial charge in [0.25, 0.3) is 0 Å². The van der Waals surface area contributed by atoms with Crippen molar-refractivity contribution in [1.29, 1.82) is 0 Å². The Morgan fingerprint density at radius 2 is 1.86 bits per heavy atom. The zero-order valence-corrected chi connectivity index (χ0v) is 8.96. The molecule has 0 aliphatic heterocycles. The second kappa shape index (κ2) is 3.28. The number of hydrogen-bond acceptors (Lipinski definition) is 2. The molecule has 0 amide bonds. The maximum Gasteiger partial charge on any atom is 0.0522 e. The fraction of sp³-hybridized carbons (Fsp3) is 0.500. The zero-order chi connectivity index (χ0) is 10.2. The van der Waals surface area contributed by atoms with Crippen LogP contribution < -0.4 is 10.6 Å². The molecule has 0 unspecified atom stereocenters. The van der Waals surface area contributed by atoms with E-state index in [-0.39, 0.29) is 5.54 Å². The normalized spacial score (nSPS) is 17.9. The fourth-order valence-corrected chi connectivity index (χ4v) is 1.86. The van der Waals surface area contributed by atoms with Crippen molar-refractivity contribution in [2.45, 2.75) is 25.3 Å². The van der Waals surface area contributed by atoms with Crippen molar-refractivity contribution in [2.24, 2.45) is 5.73 Å². The molecule has 1 saturated carbocycles. The Hall–Kier alpha value is -1.02. The van der Waals surface area contributed by atoms with E-state index < -0.39 is 0 Å². The molecule has 2 nitrogen and oxygen atoms in total. The van der Waals surface area contributed by atoms with E-state index >= 15 is 0 Å². The van der Waals surface area contributed by atoms with Crippen molar-refractivity contribution in [3.8, 4) is 0 Å². The highest BCUT2D eigenvalue weighted by Gasteiger charge is 2.45. The first kappa shape index (κ1) is 9.53. The molecule has 0 radical (unpaired) electrons. The van der Waals surface area contributed by atoms with Crippen LogP contribution in [0.15, 0.2) is 24.3 Å². The molecule has 1 fully saturated rings. The Labute approximate surface area is 85.7 Å². The number of aryl methyl sites for hydroxylation is 1. The summed E-state index contributed by atoms with van der Waals surface area (Å²) < 4.78 is 0. The summed E-state index contributed by atoms with van der Waals surface area (Å²) in [6.07, 6.45) is 2.46. The van der Waals surface area contributed by atoms with E-state index in [0.717, 1.165) is 6.54 Å². The highest BCUT2D eigenvalue weighted by atomic mass is 15.2. The van der Waals surface area contributed by atoms with Gasteiger partial charge in [-0.05, 0) is 31.9 Å². The van der Waals surface area contributed by atoms with Gasteiger partial charge in [0.15, 0.2) is 0 Å². The second-order valence-corrected chi connectivity index (χ2v) is 4.32. The largest absolute Gasteiger partial charge is 0.368 e. The Morgan fingerprint density at radius 3 is 2.29 bits per heavy atom. The van der Waals surface area contributed by atoms with Gasteiger partial charge in [-0.15, -0.1) is 0 Å². The summed E-state index contributed by atoms with van der Waals surface area (Å²) in [7, 11) is 2.14. The monoisotopic (exact) mass is 190 g/mol. The lowest BCUT2D eigenvalue weighted by Crippen LogP contribution is -2.40. The lowest BCUT2D eigenvalue weighted by molar-refractivity contribution is 0.636. The maximum atomic E-state index is 5.80. The van der Waals surface area contributed by atoms with Crippen molar-refractivity contribution in [1.82, 2.24) is 0 Å². The van der Waals surface area contributed by atoms with Gasteiger partial charge in [0.2, 0.25) is 0 Å². The minimum atomic E-state index is 0.259. The van der Waals surface area contributed by atoms with E-state index in [1.54, 1.807) is 0 Å². The van der Waals surface area contributed by atoms with Crippen molar-refractivity contribution in [3.05, 3.63) is 29.8 Å². The molecular weight excluding hydrogens is 172 g/mol. The number of rotatable bonds is 3. The van der Waals surface area contributed by atoms with Gasteiger partial charge < -0.3 is 10.6 Å². The standard InChI is InChI=1S/C12H18N2/c1-10-3-5-11(6-4-10)14(2)12(9-13)7-8-12/h3-6H,7-9,13H2,1-2H3. The predicted molar refractivity (Wildman–Crippen MR) is 60.6 cm³/mol. The fourth-order valence-electron chi connectivity index (χ4n) is 1.86. The van der Waals surface area contributed by atoms with Gasteiger partial charge in [0, 0.05) is 19.3 Å². The van der Waals surface area contributed by atoms with Crippen LogP contribution >= 0.6 is 0 Å². The van der Waals surface area contributed by atoms with Crippen LogP contribution in [-0.2, 0) is 0 Å². The summed E-state index contributed by atoms with van der Waals surface area (Å²) in [5.74, 6) is 0. The van der Waals surface area contributed by atoms with E-state index in [9.17, 15) is 0 Å². The first-order chi connectivity index (χ1) is 6.68. The van der Waals surface area contributed by atoms with Gasteiger partial charge in [-0.2, -0.15) is 0 Å². The topological polar surface area (TPSA) is 29.3 Å². The summed E-state index contributed by atoms with van der Waals surface area (Å²) in [5.41, 5.74) is 8.64. The molecule has 1 aliphatic carbocycles. The predicted octanol–water partition coefficient (Wildman–Crippen LogP) is 1.92. The van der Waals surface area contributed by atoms with Crippen LogP contribution in [0.3, 0.4) is 0 Å². The van der Waals surface area contributed by atoms with Crippen molar-refractivity contribution < 1.29 is 0 Å². The highest BCUT2D eigenvalue weighted by molar-refractivity contribution is 5.51. The second-order valence-electron chi connectivity index (χ2n) is 4.32. The molecule has 0 heterocycles. The molecule has 0 spiro atoms. The lowest BCUT2D eigenvalue weighted by atomic mass is 10.1. The van der Waals surface area contributed by atoms with E-state index in [2.05, 4.69) is 43.1 Å². The summed E-state index contributed by atoms with van der Waals surface area (Å²) in [6.45, 7) is 2.87. The third-order valence-electron chi connectivity index (χ3n) is 3.34. The van der Waals surface area contributed by atoms with Gasteiger partial charge in [-0.3, -0.25) is 0 Å². The molecule has 0 aromatic heterocycles. The van der Waals surface area contributed by atoms with E-state index in [1.807, 2.05) is 0 Å². The Bertz CT molecular complexity index is 312. The number of nitrogens with zero attached hydrogens (tertiary/aromatic N) is 1. The average Bonchev–Trinajstić information content (AvgIpc) is 2.99. The minimum absolute atomic E-state index is 0.259. The molecule has 0 saturated heterocycles. The summed E-state index contributed by atoms with van der Waals surface area (Å²) >= 11 is 0. The van der Waals surface area contributed by atoms with E-state index in [4.69, 9.17) is 5.73 Å². The van der Waals surface area contributed by atoms with Gasteiger partial charge in [-0.1, -0.05) is 17.7 Å². The Morgan fingerprint density at radius 1 is 1.29 bits per heavy atom. The first-order valence-corrected chi connectivity index (χ1v) is 5.18. The van der Waals surface area contributed by atoms with Gasteiger partial charge >= 0.3 is 0 Å². The first-order valence-electron chi connectivity index (χ1n) is 5.18. The Balaban J connectivity index is 2.19. The van der Waals surface area contributed by atoms with Crippen molar-refractivity contribution in [3.63, 3.8) is 0 Å². The Kier molecular flexibility index (Phi) is 2.23. The van der Waals surface area contributed by atoms with E-state index in [1.165, 1.54) is 24.1 Å². The summed E-state index contributed by atoms with van der Waals surface area (Å²) in [4.78, 5) is 2.33. The SMILES string of the molecule is Cc1ccc(N(C)C2(CN)CC2)cc1. The van der Waals surface area contributed by atoms with Crippen LogP contribution in [0.4, 0.5) is 5.69 Å². The third kappa shape index (κ3) is 1.50. The molecule has 1 aromatic carbocycles. The highest BCUT2D eigenvalue weighted by Crippen LogP contribution is 2.42. The van der Waals surface area contributed by atoms with Crippen LogP contribution in [0.25, 0.3) is 0 Å². The summed E-state index contributed by atoms with van der Waals surface area (Å²) in [6, 6.07) is 8.65. The van der Waals surface area contributed by atoms with E-state index in [0.29, 0.717) is 0 Å². The van der Waals surface area contributed by atoms with Crippen LogP contribution in [0, 0.1) is 6.92 Å². The van der Waals surface area contributed by atoms with Crippen LogP contribution in [0.2, 0.25) is 0 Å². The number of nitrogens with two attached hydrogens (primary N) is 1. The number of hydrogen-bond donors (Lipinski definition) is 1. The molecule has 1 aromatic rings.